The molecule has 0 unspecified atom stereocenters. The van der Waals surface area contributed by atoms with Crippen molar-refractivity contribution in [1.82, 2.24) is 10.2 Å². The summed E-state index contributed by atoms with van der Waals surface area (Å²) in [5.74, 6) is 1.07. The third-order valence-electron chi connectivity index (χ3n) is 2.65. The van der Waals surface area contributed by atoms with Gasteiger partial charge in [0.1, 0.15) is 5.76 Å². The van der Waals surface area contributed by atoms with E-state index in [1.807, 2.05) is 12.1 Å². The molecule has 0 amide bonds. The highest BCUT2D eigenvalue weighted by atomic mass is 16.3. The average Bonchev–Trinajstić information content (AvgIpc) is 2.71. The molecule has 2 heterocycles. The third kappa shape index (κ3) is 1.92. The van der Waals surface area contributed by atoms with Gasteiger partial charge in [0.15, 0.2) is 0 Å². The van der Waals surface area contributed by atoms with E-state index in [0.29, 0.717) is 6.04 Å². The number of hydrogen-bond donors (Lipinski definition) is 1. The van der Waals surface area contributed by atoms with Crippen LogP contribution in [0.15, 0.2) is 22.8 Å². The van der Waals surface area contributed by atoms with Crippen LogP contribution in [0.1, 0.15) is 18.7 Å². The van der Waals surface area contributed by atoms with Gasteiger partial charge in [0, 0.05) is 26.2 Å². The zero-order valence-electron chi connectivity index (χ0n) is 7.99. The van der Waals surface area contributed by atoms with Gasteiger partial charge in [-0.1, -0.05) is 0 Å². The fraction of sp³-hybridized carbons (Fsp3) is 0.600. The molecule has 0 aromatic carbocycles. The maximum Gasteiger partial charge on any atom is 0.120 e. The predicted octanol–water partition coefficient (Wildman–Crippen LogP) is 1.25. The maximum atomic E-state index is 5.39. The molecule has 2 rings (SSSR count). The smallest absolute Gasteiger partial charge is 0.120 e. The van der Waals surface area contributed by atoms with Gasteiger partial charge in [-0.3, -0.25) is 4.90 Å². The SMILES string of the molecule is C[C@@H](c1ccco1)N1CCNCC1. The van der Waals surface area contributed by atoms with Crippen LogP contribution in [0, 0.1) is 0 Å². The summed E-state index contributed by atoms with van der Waals surface area (Å²) in [6.45, 7) is 6.60. The van der Waals surface area contributed by atoms with Crippen molar-refractivity contribution >= 4 is 0 Å². The maximum absolute atomic E-state index is 5.39. The molecule has 3 heteroatoms. The van der Waals surface area contributed by atoms with Gasteiger partial charge in [-0.15, -0.1) is 0 Å². The Labute approximate surface area is 78.7 Å². The van der Waals surface area contributed by atoms with Crippen molar-refractivity contribution in [3.05, 3.63) is 24.2 Å². The molecule has 0 spiro atoms. The molecule has 1 atom stereocenters. The second kappa shape index (κ2) is 3.94. The van der Waals surface area contributed by atoms with Crippen molar-refractivity contribution in [1.29, 1.82) is 0 Å². The second-order valence-corrected chi connectivity index (χ2v) is 3.48. The summed E-state index contributed by atoms with van der Waals surface area (Å²) < 4.78 is 5.39. The summed E-state index contributed by atoms with van der Waals surface area (Å²) >= 11 is 0. The first-order valence-corrected chi connectivity index (χ1v) is 4.86. The van der Waals surface area contributed by atoms with Crippen molar-refractivity contribution in [2.24, 2.45) is 0 Å². The molecule has 0 saturated carbocycles. The van der Waals surface area contributed by atoms with E-state index in [2.05, 4.69) is 17.1 Å². The summed E-state index contributed by atoms with van der Waals surface area (Å²) in [4.78, 5) is 2.44. The number of hydrogen-bond acceptors (Lipinski definition) is 3. The first kappa shape index (κ1) is 8.78. The summed E-state index contributed by atoms with van der Waals surface area (Å²) in [6, 6.07) is 4.41. The van der Waals surface area contributed by atoms with Crippen LogP contribution in [0.25, 0.3) is 0 Å². The minimum Gasteiger partial charge on any atom is -0.468 e. The van der Waals surface area contributed by atoms with Crippen LogP contribution in [0.5, 0.6) is 0 Å². The van der Waals surface area contributed by atoms with Gasteiger partial charge in [-0.25, -0.2) is 0 Å². The van der Waals surface area contributed by atoms with Crippen molar-refractivity contribution in [3.63, 3.8) is 0 Å². The Morgan fingerprint density at radius 2 is 2.23 bits per heavy atom. The van der Waals surface area contributed by atoms with E-state index in [1.165, 1.54) is 0 Å². The topological polar surface area (TPSA) is 28.4 Å². The Bertz CT molecular complexity index is 239. The molecule has 1 aliphatic rings. The molecule has 72 valence electrons. The lowest BCUT2D eigenvalue weighted by atomic mass is 10.2. The minimum absolute atomic E-state index is 0.414. The molecule has 0 bridgehead atoms. The number of furan rings is 1. The van der Waals surface area contributed by atoms with Gasteiger partial charge in [0.05, 0.1) is 12.3 Å². The quantitative estimate of drug-likeness (QED) is 0.742. The lowest BCUT2D eigenvalue weighted by Crippen LogP contribution is -2.44. The molecule has 1 saturated heterocycles. The fourth-order valence-corrected chi connectivity index (χ4v) is 1.78. The minimum atomic E-state index is 0.414. The van der Waals surface area contributed by atoms with Crippen molar-refractivity contribution in [2.75, 3.05) is 26.2 Å². The van der Waals surface area contributed by atoms with Crippen LogP contribution in [0.2, 0.25) is 0 Å². The molecular formula is C10H16N2O. The summed E-state index contributed by atoms with van der Waals surface area (Å²) in [5, 5.41) is 3.34. The van der Waals surface area contributed by atoms with Crippen molar-refractivity contribution < 1.29 is 4.42 Å². The molecule has 1 fully saturated rings. The van der Waals surface area contributed by atoms with Gasteiger partial charge in [0.2, 0.25) is 0 Å². The van der Waals surface area contributed by atoms with Crippen LogP contribution < -0.4 is 5.32 Å². The van der Waals surface area contributed by atoms with Gasteiger partial charge in [0.25, 0.3) is 0 Å². The normalized spacial score (nSPS) is 21.6. The summed E-state index contributed by atoms with van der Waals surface area (Å²) in [6.07, 6.45) is 1.74. The van der Waals surface area contributed by atoms with E-state index in [1.54, 1.807) is 6.26 Å². The van der Waals surface area contributed by atoms with Crippen molar-refractivity contribution in [3.8, 4) is 0 Å². The molecule has 1 aromatic heterocycles. The van der Waals surface area contributed by atoms with E-state index in [9.17, 15) is 0 Å². The molecule has 3 nitrogen and oxygen atoms in total. The van der Waals surface area contributed by atoms with Gasteiger partial charge in [-0.2, -0.15) is 0 Å². The van der Waals surface area contributed by atoms with Crippen LogP contribution in [0.3, 0.4) is 0 Å². The lowest BCUT2D eigenvalue weighted by Gasteiger charge is -2.31. The van der Waals surface area contributed by atoms with Gasteiger partial charge in [-0.05, 0) is 19.1 Å². The molecule has 1 aromatic rings. The van der Waals surface area contributed by atoms with Crippen LogP contribution in [0.4, 0.5) is 0 Å². The van der Waals surface area contributed by atoms with Crippen LogP contribution in [-0.4, -0.2) is 31.1 Å². The fourth-order valence-electron chi connectivity index (χ4n) is 1.78. The third-order valence-corrected chi connectivity index (χ3v) is 2.65. The number of nitrogens with zero attached hydrogens (tertiary/aromatic N) is 1. The molecule has 0 radical (unpaired) electrons. The number of piperazine rings is 1. The Kier molecular flexibility index (Phi) is 2.66. The highest BCUT2D eigenvalue weighted by molar-refractivity contribution is 5.03. The average molecular weight is 180 g/mol. The molecule has 0 aliphatic carbocycles. The Hall–Kier alpha value is -0.800. The Morgan fingerprint density at radius 1 is 1.46 bits per heavy atom. The molecule has 13 heavy (non-hydrogen) atoms. The summed E-state index contributed by atoms with van der Waals surface area (Å²) in [7, 11) is 0. The molecule has 1 aliphatic heterocycles. The van der Waals surface area contributed by atoms with E-state index >= 15 is 0 Å². The zero-order chi connectivity index (χ0) is 9.10. The van der Waals surface area contributed by atoms with E-state index < -0.39 is 0 Å². The van der Waals surface area contributed by atoms with Crippen molar-refractivity contribution in [2.45, 2.75) is 13.0 Å². The first-order chi connectivity index (χ1) is 6.38. The highest BCUT2D eigenvalue weighted by Gasteiger charge is 2.19. The number of rotatable bonds is 2. The zero-order valence-corrected chi connectivity index (χ0v) is 7.99. The van der Waals surface area contributed by atoms with E-state index in [-0.39, 0.29) is 0 Å². The second-order valence-electron chi connectivity index (χ2n) is 3.48. The van der Waals surface area contributed by atoms with Gasteiger partial charge >= 0.3 is 0 Å². The van der Waals surface area contributed by atoms with E-state index in [0.717, 1.165) is 31.9 Å². The molecule has 1 N–H and O–H groups in total. The van der Waals surface area contributed by atoms with Gasteiger partial charge < -0.3 is 9.73 Å². The lowest BCUT2D eigenvalue weighted by molar-refractivity contribution is 0.167. The molecular weight excluding hydrogens is 164 g/mol. The van der Waals surface area contributed by atoms with Crippen LogP contribution in [-0.2, 0) is 0 Å². The largest absolute Gasteiger partial charge is 0.468 e. The monoisotopic (exact) mass is 180 g/mol. The van der Waals surface area contributed by atoms with Crippen LogP contribution >= 0.6 is 0 Å². The Morgan fingerprint density at radius 3 is 2.85 bits per heavy atom. The standard InChI is InChI=1S/C10H16N2O/c1-9(10-3-2-8-13-10)12-6-4-11-5-7-12/h2-3,8-9,11H,4-7H2,1H3/t9-/m0/s1. The Balaban J connectivity index is 1.99. The predicted molar refractivity (Wildman–Crippen MR) is 51.6 cm³/mol. The number of nitrogens with one attached hydrogen (secondary N) is 1. The summed E-state index contributed by atoms with van der Waals surface area (Å²) in [5.41, 5.74) is 0. The first-order valence-electron chi connectivity index (χ1n) is 4.86. The van der Waals surface area contributed by atoms with E-state index in [4.69, 9.17) is 4.42 Å². The highest BCUT2D eigenvalue weighted by Crippen LogP contribution is 2.20.